The van der Waals surface area contributed by atoms with Gasteiger partial charge in [0.2, 0.25) is 11.6 Å². The molecule has 2 aromatic heterocycles. The summed E-state index contributed by atoms with van der Waals surface area (Å²) in [6.45, 7) is 5.04. The number of aryl methyl sites for hydroxylation is 1. The lowest BCUT2D eigenvalue weighted by molar-refractivity contribution is -0.135. The van der Waals surface area contributed by atoms with Gasteiger partial charge in [-0.05, 0) is 43.7 Å². The molecule has 1 amide bonds. The minimum Gasteiger partial charge on any atom is -0.504 e. The summed E-state index contributed by atoms with van der Waals surface area (Å²) in [5.74, 6) is -4.21. The van der Waals surface area contributed by atoms with Crippen molar-refractivity contribution >= 4 is 50.7 Å². The lowest BCUT2D eigenvalue weighted by atomic mass is 9.88. The van der Waals surface area contributed by atoms with Crippen LogP contribution >= 0.6 is 11.3 Å². The molecule has 0 bridgehead atoms. The fourth-order valence-electron chi connectivity index (χ4n) is 4.53. The number of Topliss-reactive ketones (excluding diaryl/α,β-unsaturated/α-hetero) is 3. The number of furan rings is 1. The number of thiazole rings is 1. The van der Waals surface area contributed by atoms with E-state index in [9.17, 15) is 24.3 Å². The van der Waals surface area contributed by atoms with Gasteiger partial charge in [-0.25, -0.2) is 4.98 Å². The van der Waals surface area contributed by atoms with Crippen molar-refractivity contribution in [1.82, 2.24) is 4.98 Å². The van der Waals surface area contributed by atoms with Gasteiger partial charge in [0.1, 0.15) is 11.5 Å². The van der Waals surface area contributed by atoms with E-state index in [0.717, 1.165) is 16.2 Å². The first-order valence-electron chi connectivity index (χ1n) is 11.6. The highest BCUT2D eigenvalue weighted by Crippen LogP contribution is 2.45. The molecule has 1 aliphatic heterocycles. The number of benzene rings is 2. The van der Waals surface area contributed by atoms with Crippen LogP contribution in [0.1, 0.15) is 51.4 Å². The third-order valence-electron chi connectivity index (χ3n) is 6.19. The monoisotopic (exact) mass is 518 g/mol. The SMILES string of the molecule is CCOc1cc(C2C(C(=O)c3cc4ccccc4o3)C(=O)C(=O)N2c2nc(C)c(C(C)=O)s2)ccc1O. The van der Waals surface area contributed by atoms with Gasteiger partial charge in [0.25, 0.3) is 5.91 Å². The number of aromatic hydroxyl groups is 1. The molecule has 3 heterocycles. The van der Waals surface area contributed by atoms with Crippen LogP contribution in [0, 0.1) is 12.8 Å². The number of phenolic OH excluding ortho intramolecular Hbond substituents is 1. The van der Waals surface area contributed by atoms with E-state index in [4.69, 9.17) is 9.15 Å². The number of ketones is 3. The van der Waals surface area contributed by atoms with Crippen LogP contribution in [0.25, 0.3) is 11.0 Å². The molecule has 0 saturated carbocycles. The van der Waals surface area contributed by atoms with Crippen molar-refractivity contribution in [2.75, 3.05) is 11.5 Å². The number of anilines is 1. The van der Waals surface area contributed by atoms with Gasteiger partial charge < -0.3 is 14.3 Å². The summed E-state index contributed by atoms with van der Waals surface area (Å²) in [7, 11) is 0. The molecule has 0 aliphatic carbocycles. The maximum atomic E-state index is 13.7. The van der Waals surface area contributed by atoms with Gasteiger partial charge in [0.05, 0.1) is 23.2 Å². The Morgan fingerprint density at radius 2 is 1.92 bits per heavy atom. The zero-order valence-electron chi connectivity index (χ0n) is 20.2. The van der Waals surface area contributed by atoms with Crippen LogP contribution in [0.3, 0.4) is 0 Å². The Bertz CT molecular complexity index is 1550. The Morgan fingerprint density at radius 1 is 1.16 bits per heavy atom. The van der Waals surface area contributed by atoms with Crippen molar-refractivity contribution in [3.05, 3.63) is 70.4 Å². The fourth-order valence-corrected chi connectivity index (χ4v) is 5.53. The quantitative estimate of drug-likeness (QED) is 0.213. The number of carbonyl (C=O) groups is 4. The standard InChI is InChI=1S/C27H22N2O7S/c1-4-35-19-12-16(9-10-17(19)31)22-21(23(32)20-11-15-7-5-6-8-18(15)36-20)24(33)26(34)29(22)27-28-13(2)25(37-27)14(3)30/h5-12,21-22,31H,4H2,1-3H3. The number of phenols is 1. The molecule has 1 N–H and O–H groups in total. The Morgan fingerprint density at radius 3 is 2.59 bits per heavy atom. The van der Waals surface area contributed by atoms with Gasteiger partial charge in [-0.3, -0.25) is 24.1 Å². The Labute approximate surface area is 215 Å². The Balaban J connectivity index is 1.67. The number of amides is 1. The molecule has 10 heteroatoms. The third-order valence-corrected chi connectivity index (χ3v) is 7.45. The number of hydrogen-bond acceptors (Lipinski definition) is 9. The highest BCUT2D eigenvalue weighted by Gasteiger charge is 2.54. The zero-order chi connectivity index (χ0) is 26.4. The summed E-state index contributed by atoms with van der Waals surface area (Å²) in [6.07, 6.45) is 0. The summed E-state index contributed by atoms with van der Waals surface area (Å²) in [6, 6.07) is 11.9. The third kappa shape index (κ3) is 4.09. The highest BCUT2D eigenvalue weighted by atomic mass is 32.1. The average Bonchev–Trinajstić information content (AvgIpc) is 3.54. The number of para-hydroxylation sites is 1. The average molecular weight is 519 g/mol. The van der Waals surface area contributed by atoms with Crippen molar-refractivity contribution in [2.24, 2.45) is 5.92 Å². The minimum atomic E-state index is -1.45. The molecule has 37 heavy (non-hydrogen) atoms. The predicted molar refractivity (Wildman–Crippen MR) is 135 cm³/mol. The van der Waals surface area contributed by atoms with Crippen molar-refractivity contribution in [1.29, 1.82) is 0 Å². The van der Waals surface area contributed by atoms with E-state index in [-0.39, 0.29) is 34.8 Å². The summed E-state index contributed by atoms with van der Waals surface area (Å²) < 4.78 is 11.2. The number of nitrogens with zero attached hydrogens (tertiary/aromatic N) is 2. The summed E-state index contributed by atoms with van der Waals surface area (Å²) in [5, 5.41) is 11.0. The molecule has 2 unspecified atom stereocenters. The predicted octanol–water partition coefficient (Wildman–Crippen LogP) is 4.66. The number of rotatable bonds is 7. The molecule has 1 fully saturated rings. The maximum absolute atomic E-state index is 13.7. The van der Waals surface area contributed by atoms with E-state index in [1.165, 1.54) is 25.1 Å². The Kier molecular flexibility index (Phi) is 6.12. The smallest absolute Gasteiger partial charge is 0.297 e. The second-order valence-corrected chi connectivity index (χ2v) is 9.58. The van der Waals surface area contributed by atoms with Crippen LogP contribution in [0.4, 0.5) is 5.13 Å². The van der Waals surface area contributed by atoms with Crippen molar-refractivity contribution < 1.29 is 33.4 Å². The molecule has 188 valence electrons. The van der Waals surface area contributed by atoms with E-state index >= 15 is 0 Å². The topological polar surface area (TPSA) is 127 Å². The number of aromatic nitrogens is 1. The molecule has 1 aliphatic rings. The molecule has 1 saturated heterocycles. The van der Waals surface area contributed by atoms with Crippen LogP contribution in [0.15, 0.2) is 52.9 Å². The van der Waals surface area contributed by atoms with Crippen LogP contribution in [0.2, 0.25) is 0 Å². The van der Waals surface area contributed by atoms with Gasteiger partial charge in [0.15, 0.2) is 28.2 Å². The second kappa shape index (κ2) is 9.29. The maximum Gasteiger partial charge on any atom is 0.297 e. The summed E-state index contributed by atoms with van der Waals surface area (Å²) in [5.41, 5.74) is 1.27. The summed E-state index contributed by atoms with van der Waals surface area (Å²) >= 11 is 0.977. The van der Waals surface area contributed by atoms with E-state index < -0.39 is 29.4 Å². The first kappa shape index (κ1) is 24.4. The highest BCUT2D eigenvalue weighted by molar-refractivity contribution is 7.18. The summed E-state index contributed by atoms with van der Waals surface area (Å²) in [4.78, 5) is 58.5. The lowest BCUT2D eigenvalue weighted by Gasteiger charge is -2.25. The van der Waals surface area contributed by atoms with Crippen LogP contribution in [-0.2, 0) is 9.59 Å². The molecule has 2 aromatic carbocycles. The number of hydrogen-bond donors (Lipinski definition) is 1. The molecule has 2 atom stereocenters. The van der Waals surface area contributed by atoms with Crippen molar-refractivity contribution in [2.45, 2.75) is 26.8 Å². The van der Waals surface area contributed by atoms with E-state index in [0.29, 0.717) is 27.1 Å². The molecule has 0 spiro atoms. The van der Waals surface area contributed by atoms with Crippen molar-refractivity contribution in [3.63, 3.8) is 0 Å². The lowest BCUT2D eigenvalue weighted by Crippen LogP contribution is -2.30. The van der Waals surface area contributed by atoms with Crippen LogP contribution in [0.5, 0.6) is 11.5 Å². The molecular formula is C27H22N2O7S. The van der Waals surface area contributed by atoms with Gasteiger partial charge >= 0.3 is 0 Å². The molecule has 4 aromatic rings. The molecule has 5 rings (SSSR count). The largest absolute Gasteiger partial charge is 0.504 e. The van der Waals surface area contributed by atoms with Gasteiger partial charge in [-0.1, -0.05) is 35.6 Å². The first-order valence-corrected chi connectivity index (χ1v) is 12.4. The molecule has 0 radical (unpaired) electrons. The minimum absolute atomic E-state index is 0.0530. The first-order chi connectivity index (χ1) is 17.7. The normalized spacial score (nSPS) is 17.5. The Hall–Kier alpha value is -4.31. The van der Waals surface area contributed by atoms with Crippen LogP contribution < -0.4 is 9.64 Å². The number of fused-ring (bicyclic) bond motifs is 1. The van der Waals surface area contributed by atoms with E-state index in [1.54, 1.807) is 44.2 Å². The number of carbonyl (C=O) groups excluding carboxylic acids is 4. The van der Waals surface area contributed by atoms with Crippen molar-refractivity contribution in [3.8, 4) is 11.5 Å². The van der Waals surface area contributed by atoms with Gasteiger partial charge in [-0.15, -0.1) is 0 Å². The van der Waals surface area contributed by atoms with E-state index in [1.807, 2.05) is 0 Å². The van der Waals surface area contributed by atoms with Gasteiger partial charge in [-0.2, -0.15) is 0 Å². The van der Waals surface area contributed by atoms with Crippen LogP contribution in [-0.4, -0.2) is 40.0 Å². The van der Waals surface area contributed by atoms with E-state index in [2.05, 4.69) is 4.98 Å². The fraction of sp³-hybridized carbons (Fsp3) is 0.222. The second-order valence-electron chi connectivity index (χ2n) is 8.60. The molecule has 9 nitrogen and oxygen atoms in total. The molecular weight excluding hydrogens is 496 g/mol. The zero-order valence-corrected chi connectivity index (χ0v) is 21.0. The number of ether oxygens (including phenoxy) is 1. The van der Waals surface area contributed by atoms with Gasteiger partial charge in [0, 0.05) is 12.3 Å².